The molecular formula is C12H17NO4S3. The summed E-state index contributed by atoms with van der Waals surface area (Å²) in [7, 11) is -3.73. The van der Waals surface area contributed by atoms with Gasteiger partial charge in [-0.2, -0.15) is 4.31 Å². The molecule has 1 aliphatic rings. The summed E-state index contributed by atoms with van der Waals surface area (Å²) in [6, 6.07) is 2.40. The zero-order valence-electron chi connectivity index (χ0n) is 11.3. The summed E-state index contributed by atoms with van der Waals surface area (Å²) in [6.45, 7) is 3.83. The fourth-order valence-corrected chi connectivity index (χ4v) is 7.08. The summed E-state index contributed by atoms with van der Waals surface area (Å²) >= 11 is 2.61. The minimum Gasteiger partial charge on any atom is -0.480 e. The average molecular weight is 335 g/mol. The van der Waals surface area contributed by atoms with E-state index in [1.165, 1.54) is 27.4 Å². The molecule has 2 unspecified atom stereocenters. The van der Waals surface area contributed by atoms with Crippen molar-refractivity contribution in [2.75, 3.05) is 5.75 Å². The Morgan fingerprint density at radius 3 is 2.65 bits per heavy atom. The number of sulfonamides is 1. The van der Waals surface area contributed by atoms with Gasteiger partial charge < -0.3 is 5.11 Å². The average Bonchev–Trinajstić information content (AvgIpc) is 3.05. The second kappa shape index (κ2) is 6.05. The van der Waals surface area contributed by atoms with Gasteiger partial charge in [0.25, 0.3) is 10.0 Å². The van der Waals surface area contributed by atoms with Gasteiger partial charge in [0.05, 0.1) is 5.37 Å². The molecule has 0 aromatic carbocycles. The van der Waals surface area contributed by atoms with Crippen LogP contribution in [0.25, 0.3) is 0 Å². The van der Waals surface area contributed by atoms with Crippen LogP contribution in [0.15, 0.2) is 16.3 Å². The van der Waals surface area contributed by atoms with Crippen molar-refractivity contribution >= 4 is 39.1 Å². The molecule has 20 heavy (non-hydrogen) atoms. The Morgan fingerprint density at radius 2 is 2.15 bits per heavy atom. The van der Waals surface area contributed by atoms with Crippen LogP contribution in [0.4, 0.5) is 0 Å². The highest BCUT2D eigenvalue weighted by atomic mass is 32.2. The molecule has 2 rings (SSSR count). The van der Waals surface area contributed by atoms with E-state index in [0.717, 1.165) is 11.3 Å². The number of carboxylic acids is 1. The fourth-order valence-electron chi connectivity index (χ4n) is 2.14. The van der Waals surface area contributed by atoms with Gasteiger partial charge in [-0.1, -0.05) is 13.8 Å². The number of rotatable bonds is 5. The molecule has 2 atom stereocenters. The fraction of sp³-hybridized carbons (Fsp3) is 0.583. The molecular weight excluding hydrogens is 318 g/mol. The molecule has 0 radical (unpaired) electrons. The highest BCUT2D eigenvalue weighted by molar-refractivity contribution is 8.01. The first-order chi connectivity index (χ1) is 9.41. The van der Waals surface area contributed by atoms with E-state index >= 15 is 0 Å². The van der Waals surface area contributed by atoms with E-state index in [4.69, 9.17) is 0 Å². The largest absolute Gasteiger partial charge is 0.480 e. The number of nitrogens with zero attached hydrogens (tertiary/aromatic N) is 1. The molecule has 0 amide bonds. The Bertz CT molecular complexity index is 596. The van der Waals surface area contributed by atoms with E-state index in [-0.39, 0.29) is 9.58 Å². The first-order valence-electron chi connectivity index (χ1n) is 6.38. The monoisotopic (exact) mass is 335 g/mol. The predicted octanol–water partition coefficient (Wildman–Crippen LogP) is 2.24. The maximum atomic E-state index is 12.7. The molecule has 1 saturated heterocycles. The van der Waals surface area contributed by atoms with E-state index in [9.17, 15) is 18.3 Å². The molecule has 0 saturated carbocycles. The molecule has 0 aliphatic carbocycles. The number of hydrogen-bond donors (Lipinski definition) is 1. The lowest BCUT2D eigenvalue weighted by atomic mass is 10.3. The molecule has 112 valence electrons. The molecule has 5 nitrogen and oxygen atoms in total. The van der Waals surface area contributed by atoms with Crippen molar-refractivity contribution in [1.82, 2.24) is 4.31 Å². The highest BCUT2D eigenvalue weighted by Crippen LogP contribution is 2.37. The normalized spacial score (nSPS) is 24.1. The van der Waals surface area contributed by atoms with Crippen LogP contribution in [0, 0.1) is 0 Å². The van der Waals surface area contributed by atoms with E-state index in [1.807, 2.05) is 13.8 Å². The third-order valence-corrected chi connectivity index (χ3v) is 8.39. The lowest BCUT2D eigenvalue weighted by Crippen LogP contribution is -2.45. The van der Waals surface area contributed by atoms with Gasteiger partial charge in [0.1, 0.15) is 10.3 Å². The second-order valence-electron chi connectivity index (χ2n) is 4.46. The SMILES string of the molecule is CCc1ccc(S(=O)(=O)N2C(CC)SCC2C(=O)O)s1. The van der Waals surface area contributed by atoms with Crippen LogP contribution in [0.3, 0.4) is 0 Å². The number of aliphatic carboxylic acids is 1. The number of thioether (sulfide) groups is 1. The van der Waals surface area contributed by atoms with E-state index in [0.29, 0.717) is 12.2 Å². The van der Waals surface area contributed by atoms with Gasteiger partial charge in [0.15, 0.2) is 0 Å². The van der Waals surface area contributed by atoms with E-state index < -0.39 is 22.0 Å². The molecule has 2 heterocycles. The van der Waals surface area contributed by atoms with Crippen LogP contribution in [0.1, 0.15) is 25.1 Å². The molecule has 0 spiro atoms. The van der Waals surface area contributed by atoms with Gasteiger partial charge in [0.2, 0.25) is 0 Å². The number of aryl methyl sites for hydroxylation is 1. The predicted molar refractivity (Wildman–Crippen MR) is 80.7 cm³/mol. The standard InChI is InChI=1S/C12H17NO4S3/c1-3-8-5-6-11(19-8)20(16,17)13-9(12(14)15)7-18-10(13)4-2/h5-6,9-10H,3-4,7H2,1-2H3,(H,14,15). The number of carbonyl (C=O) groups is 1. The quantitative estimate of drug-likeness (QED) is 0.893. The molecule has 1 aromatic rings. The maximum absolute atomic E-state index is 12.7. The van der Waals surface area contributed by atoms with Crippen molar-refractivity contribution in [3.05, 3.63) is 17.0 Å². The molecule has 1 aromatic heterocycles. The lowest BCUT2D eigenvalue weighted by molar-refractivity contribution is -0.140. The number of thiophene rings is 1. The van der Waals surface area contributed by atoms with E-state index in [1.54, 1.807) is 12.1 Å². The summed E-state index contributed by atoms with van der Waals surface area (Å²) in [5.74, 6) is -0.775. The van der Waals surface area contributed by atoms with E-state index in [2.05, 4.69) is 0 Å². The minimum absolute atomic E-state index is 0.238. The van der Waals surface area contributed by atoms with Crippen molar-refractivity contribution < 1.29 is 18.3 Å². The topological polar surface area (TPSA) is 74.7 Å². The Balaban J connectivity index is 2.41. The van der Waals surface area contributed by atoms with Crippen molar-refractivity contribution in [2.24, 2.45) is 0 Å². The van der Waals surface area contributed by atoms with Gasteiger partial charge in [-0.15, -0.1) is 23.1 Å². The number of hydrogen-bond acceptors (Lipinski definition) is 5. The number of carboxylic acid groups (broad SMARTS) is 1. The Morgan fingerprint density at radius 1 is 1.45 bits per heavy atom. The molecule has 0 bridgehead atoms. The Labute approximate surface area is 127 Å². The summed E-state index contributed by atoms with van der Waals surface area (Å²) < 4.78 is 26.8. The molecule has 1 fully saturated rings. The van der Waals surface area contributed by atoms with Gasteiger partial charge in [-0.25, -0.2) is 8.42 Å². The van der Waals surface area contributed by atoms with Gasteiger partial charge >= 0.3 is 5.97 Å². The van der Waals surface area contributed by atoms with Crippen LogP contribution in [-0.2, 0) is 21.2 Å². The third kappa shape index (κ3) is 2.74. The van der Waals surface area contributed by atoms with Crippen LogP contribution >= 0.6 is 23.1 Å². The van der Waals surface area contributed by atoms with Gasteiger partial charge in [-0.05, 0) is 25.0 Å². The van der Waals surface area contributed by atoms with Crippen LogP contribution in [0.5, 0.6) is 0 Å². The first kappa shape index (κ1) is 15.8. The van der Waals surface area contributed by atoms with Crippen molar-refractivity contribution in [3.8, 4) is 0 Å². The molecule has 1 aliphatic heterocycles. The Hall–Kier alpha value is -0.570. The van der Waals surface area contributed by atoms with Gasteiger partial charge in [-0.3, -0.25) is 4.79 Å². The molecule has 8 heteroatoms. The van der Waals surface area contributed by atoms with Crippen LogP contribution in [-0.4, -0.2) is 41.0 Å². The lowest BCUT2D eigenvalue weighted by Gasteiger charge is -2.24. The van der Waals surface area contributed by atoms with Crippen LogP contribution in [0.2, 0.25) is 0 Å². The summed E-state index contributed by atoms with van der Waals surface area (Å²) in [5.41, 5.74) is 0. The Kier molecular flexibility index (Phi) is 4.78. The summed E-state index contributed by atoms with van der Waals surface area (Å²) in [5, 5.41) is 8.94. The highest BCUT2D eigenvalue weighted by Gasteiger charge is 2.46. The van der Waals surface area contributed by atoms with Crippen molar-refractivity contribution in [3.63, 3.8) is 0 Å². The zero-order valence-corrected chi connectivity index (χ0v) is 13.7. The first-order valence-corrected chi connectivity index (χ1v) is 9.69. The maximum Gasteiger partial charge on any atom is 0.322 e. The van der Waals surface area contributed by atoms with Crippen molar-refractivity contribution in [1.29, 1.82) is 0 Å². The zero-order chi connectivity index (χ0) is 14.9. The summed E-state index contributed by atoms with van der Waals surface area (Å²) in [4.78, 5) is 12.3. The summed E-state index contributed by atoms with van der Waals surface area (Å²) in [6.07, 6.45) is 1.37. The molecule has 1 N–H and O–H groups in total. The van der Waals surface area contributed by atoms with Crippen molar-refractivity contribution in [2.45, 2.75) is 42.3 Å². The van der Waals surface area contributed by atoms with Crippen LogP contribution < -0.4 is 0 Å². The minimum atomic E-state index is -3.73. The smallest absolute Gasteiger partial charge is 0.322 e. The second-order valence-corrected chi connectivity index (χ2v) is 8.91. The van der Waals surface area contributed by atoms with Gasteiger partial charge in [0, 0.05) is 10.6 Å². The third-order valence-electron chi connectivity index (χ3n) is 3.19.